The molecule has 0 atom stereocenters. The van der Waals surface area contributed by atoms with Crippen molar-refractivity contribution in [1.82, 2.24) is 4.90 Å². The molecule has 126 valence electrons. The molecule has 2 aromatic carbocycles. The van der Waals surface area contributed by atoms with Gasteiger partial charge in [0.1, 0.15) is 5.75 Å². The fourth-order valence-corrected chi connectivity index (χ4v) is 2.55. The van der Waals surface area contributed by atoms with Gasteiger partial charge in [-0.3, -0.25) is 9.59 Å². The lowest BCUT2D eigenvalue weighted by atomic mass is 10.2. The molecular weight excluding hydrogens is 396 g/mol. The Balaban J connectivity index is 2.16. The second kappa shape index (κ2) is 8.17. The zero-order chi connectivity index (χ0) is 17.7. The molecule has 2 aromatic rings. The number of hydrogen-bond acceptors (Lipinski definition) is 3. The van der Waals surface area contributed by atoms with E-state index < -0.39 is 0 Å². The van der Waals surface area contributed by atoms with Crippen molar-refractivity contribution in [2.45, 2.75) is 0 Å². The van der Waals surface area contributed by atoms with Gasteiger partial charge in [0, 0.05) is 18.6 Å². The predicted octanol–water partition coefficient (Wildman–Crippen LogP) is 3.82. The van der Waals surface area contributed by atoms with E-state index in [1.807, 2.05) is 0 Å². The minimum Gasteiger partial charge on any atom is -0.483 e. The summed E-state index contributed by atoms with van der Waals surface area (Å²) in [6.45, 7) is -0.143. The molecule has 1 N–H and O–H groups in total. The Hall–Kier alpha value is -2.05. The number of hydrogen-bond donors (Lipinski definition) is 1. The molecule has 0 aromatic heterocycles. The van der Waals surface area contributed by atoms with Crippen LogP contribution in [0.1, 0.15) is 10.4 Å². The van der Waals surface area contributed by atoms with Crippen molar-refractivity contribution in [3.63, 3.8) is 0 Å². The summed E-state index contributed by atoms with van der Waals surface area (Å²) in [5, 5.41) is 3.15. The number of anilines is 1. The third-order valence-electron chi connectivity index (χ3n) is 3.16. The second-order valence-corrected chi connectivity index (χ2v) is 6.47. The highest BCUT2D eigenvalue weighted by Gasteiger charge is 2.15. The van der Waals surface area contributed by atoms with Gasteiger partial charge in [0.15, 0.2) is 6.61 Å². The number of benzene rings is 2. The number of carbonyl (C=O) groups excluding carboxylic acids is 2. The van der Waals surface area contributed by atoms with Crippen LogP contribution in [0.2, 0.25) is 5.02 Å². The first-order valence-electron chi connectivity index (χ1n) is 7.07. The zero-order valence-electron chi connectivity index (χ0n) is 13.2. The maximum Gasteiger partial charge on any atom is 0.259 e. The summed E-state index contributed by atoms with van der Waals surface area (Å²) in [6, 6.07) is 11.9. The molecule has 0 aliphatic heterocycles. The first-order chi connectivity index (χ1) is 11.4. The average molecular weight is 412 g/mol. The van der Waals surface area contributed by atoms with E-state index in [0.29, 0.717) is 22.0 Å². The molecule has 0 saturated heterocycles. The number of ether oxygens (including phenoxy) is 1. The van der Waals surface area contributed by atoms with Gasteiger partial charge < -0.3 is 15.0 Å². The minimum absolute atomic E-state index is 0.143. The summed E-state index contributed by atoms with van der Waals surface area (Å²) in [7, 11) is 3.28. The van der Waals surface area contributed by atoms with E-state index in [9.17, 15) is 9.59 Å². The summed E-state index contributed by atoms with van der Waals surface area (Å²) < 4.78 is 6.29. The van der Waals surface area contributed by atoms with E-state index in [4.69, 9.17) is 16.3 Å². The summed E-state index contributed by atoms with van der Waals surface area (Å²) >= 11 is 9.42. The molecule has 0 fully saturated rings. The molecule has 0 unspecified atom stereocenters. The zero-order valence-corrected chi connectivity index (χ0v) is 15.5. The van der Waals surface area contributed by atoms with E-state index >= 15 is 0 Å². The van der Waals surface area contributed by atoms with Crippen molar-refractivity contribution in [3.8, 4) is 5.75 Å². The summed E-state index contributed by atoms with van der Waals surface area (Å²) in [4.78, 5) is 25.6. The van der Waals surface area contributed by atoms with Gasteiger partial charge >= 0.3 is 0 Å². The summed E-state index contributed by atoms with van der Waals surface area (Å²) in [5.41, 5.74) is 0.812. The fraction of sp³-hybridized carbons (Fsp3) is 0.176. The Morgan fingerprint density at radius 3 is 2.58 bits per heavy atom. The monoisotopic (exact) mass is 410 g/mol. The third-order valence-corrected chi connectivity index (χ3v) is 3.97. The normalized spacial score (nSPS) is 10.2. The number of nitrogens with one attached hydrogen (secondary N) is 1. The maximum atomic E-state index is 12.5. The lowest BCUT2D eigenvalue weighted by Crippen LogP contribution is -2.28. The van der Waals surface area contributed by atoms with E-state index in [-0.39, 0.29) is 18.4 Å². The highest BCUT2D eigenvalue weighted by molar-refractivity contribution is 9.10. The molecule has 2 amide bonds. The minimum atomic E-state index is -0.368. The largest absolute Gasteiger partial charge is 0.483 e. The van der Waals surface area contributed by atoms with E-state index in [0.717, 1.165) is 4.47 Å². The van der Waals surface area contributed by atoms with Crippen LogP contribution < -0.4 is 10.1 Å². The standard InChI is InChI=1S/C17H16BrClN2O3/c1-21(2)16(22)10-24-15-6-4-3-5-12(15)17(23)20-14-8-7-11(18)9-13(14)19/h3-9H,10H2,1-2H3,(H,20,23). The van der Waals surface area contributed by atoms with Gasteiger partial charge in [0.25, 0.3) is 11.8 Å². The van der Waals surface area contributed by atoms with E-state index in [1.165, 1.54) is 4.90 Å². The van der Waals surface area contributed by atoms with Gasteiger partial charge in [-0.15, -0.1) is 0 Å². The number of halogens is 2. The number of nitrogens with zero attached hydrogens (tertiary/aromatic N) is 1. The van der Waals surface area contributed by atoms with Crippen LogP contribution >= 0.6 is 27.5 Å². The number of carbonyl (C=O) groups is 2. The molecule has 0 spiro atoms. The van der Waals surface area contributed by atoms with Gasteiger partial charge in [-0.2, -0.15) is 0 Å². The van der Waals surface area contributed by atoms with Gasteiger partial charge in [-0.25, -0.2) is 0 Å². The number of likely N-dealkylation sites (N-methyl/N-ethyl adjacent to an activating group) is 1. The number of rotatable bonds is 5. The number of para-hydroxylation sites is 1. The van der Waals surface area contributed by atoms with Crippen molar-refractivity contribution in [2.24, 2.45) is 0 Å². The van der Waals surface area contributed by atoms with Crippen LogP contribution in [0.3, 0.4) is 0 Å². The first-order valence-corrected chi connectivity index (χ1v) is 8.24. The molecule has 5 nitrogen and oxygen atoms in total. The van der Waals surface area contributed by atoms with E-state index in [1.54, 1.807) is 56.6 Å². The van der Waals surface area contributed by atoms with Crippen LogP contribution in [0.5, 0.6) is 5.75 Å². The SMILES string of the molecule is CN(C)C(=O)COc1ccccc1C(=O)Nc1ccc(Br)cc1Cl. The lowest BCUT2D eigenvalue weighted by molar-refractivity contribution is -0.130. The molecule has 7 heteroatoms. The Labute approximate surface area is 153 Å². The Bertz CT molecular complexity index is 765. The fourth-order valence-electron chi connectivity index (χ4n) is 1.83. The maximum absolute atomic E-state index is 12.5. The number of amides is 2. The van der Waals surface area contributed by atoms with E-state index in [2.05, 4.69) is 21.2 Å². The topological polar surface area (TPSA) is 58.6 Å². The smallest absolute Gasteiger partial charge is 0.259 e. The molecule has 0 radical (unpaired) electrons. The molecular formula is C17H16BrClN2O3. The summed E-state index contributed by atoms with van der Waals surface area (Å²) in [6.07, 6.45) is 0. The molecule has 0 heterocycles. The van der Waals surface area contributed by atoms with Crippen molar-refractivity contribution in [2.75, 3.05) is 26.0 Å². The third kappa shape index (κ3) is 4.72. The first kappa shape index (κ1) is 18.3. The quantitative estimate of drug-likeness (QED) is 0.813. The second-order valence-electron chi connectivity index (χ2n) is 5.15. The molecule has 0 aliphatic carbocycles. The van der Waals surface area contributed by atoms with Gasteiger partial charge in [0.2, 0.25) is 0 Å². The van der Waals surface area contributed by atoms with Crippen LogP contribution in [0.25, 0.3) is 0 Å². The Morgan fingerprint density at radius 2 is 1.92 bits per heavy atom. The van der Waals surface area contributed by atoms with Crippen LogP contribution in [-0.4, -0.2) is 37.4 Å². The molecule has 24 heavy (non-hydrogen) atoms. The average Bonchev–Trinajstić information content (AvgIpc) is 2.55. The molecule has 0 aliphatic rings. The van der Waals surface area contributed by atoms with Gasteiger partial charge in [-0.05, 0) is 30.3 Å². The van der Waals surface area contributed by atoms with Crippen LogP contribution in [0, 0.1) is 0 Å². The van der Waals surface area contributed by atoms with Crippen molar-refractivity contribution < 1.29 is 14.3 Å². The molecule has 0 bridgehead atoms. The van der Waals surface area contributed by atoms with Crippen LogP contribution in [-0.2, 0) is 4.79 Å². The van der Waals surface area contributed by atoms with Crippen molar-refractivity contribution >= 4 is 45.0 Å². The van der Waals surface area contributed by atoms with Crippen LogP contribution in [0.15, 0.2) is 46.9 Å². The highest BCUT2D eigenvalue weighted by atomic mass is 79.9. The van der Waals surface area contributed by atoms with Crippen molar-refractivity contribution in [1.29, 1.82) is 0 Å². The van der Waals surface area contributed by atoms with Gasteiger partial charge in [-0.1, -0.05) is 39.7 Å². The molecule has 2 rings (SSSR count). The van der Waals surface area contributed by atoms with Crippen molar-refractivity contribution in [3.05, 3.63) is 57.5 Å². The molecule has 0 saturated carbocycles. The Kier molecular flexibility index (Phi) is 6.23. The highest BCUT2D eigenvalue weighted by Crippen LogP contribution is 2.27. The Morgan fingerprint density at radius 1 is 1.21 bits per heavy atom. The van der Waals surface area contributed by atoms with Gasteiger partial charge in [0.05, 0.1) is 16.3 Å². The van der Waals surface area contributed by atoms with Crippen LogP contribution in [0.4, 0.5) is 5.69 Å². The lowest BCUT2D eigenvalue weighted by Gasteiger charge is -2.14. The predicted molar refractivity (Wildman–Crippen MR) is 97.7 cm³/mol. The summed E-state index contributed by atoms with van der Waals surface area (Å²) in [5.74, 6) is -0.230.